The van der Waals surface area contributed by atoms with Crippen LogP contribution in [0.5, 0.6) is 0 Å². The number of hydrogen-bond acceptors (Lipinski definition) is 1. The van der Waals surface area contributed by atoms with E-state index >= 15 is 0 Å². The number of aliphatic hydroxyl groups excluding tert-OH is 1. The van der Waals surface area contributed by atoms with E-state index in [-0.39, 0.29) is 32.5 Å². The van der Waals surface area contributed by atoms with Crippen molar-refractivity contribution in [1.82, 2.24) is 0 Å². The SMILES string of the molecule is [CH2-]CCCO.[Hf]. The van der Waals surface area contributed by atoms with E-state index in [0.29, 0.717) is 0 Å². The Hall–Kier alpha value is 0.830. The van der Waals surface area contributed by atoms with E-state index in [2.05, 4.69) is 6.92 Å². The molecule has 0 atom stereocenters. The minimum Gasteiger partial charge on any atom is -0.396 e. The minimum absolute atomic E-state index is 0. The zero-order valence-electron chi connectivity index (χ0n) is 3.78. The predicted octanol–water partition coefficient (Wildman–Crippen LogP) is 0.590. The van der Waals surface area contributed by atoms with Gasteiger partial charge < -0.3 is 12.0 Å². The van der Waals surface area contributed by atoms with Gasteiger partial charge in [0.25, 0.3) is 0 Å². The molecule has 0 unspecified atom stereocenters. The standard InChI is InChI=1S/C4H9O.Hf/c1-2-3-4-5;/h5H,1-4H2;/q-1;. The molecule has 0 saturated heterocycles. The summed E-state index contributed by atoms with van der Waals surface area (Å²) in [5.74, 6) is 0. The summed E-state index contributed by atoms with van der Waals surface area (Å²) in [6.07, 6.45) is 1.68. The smallest absolute Gasteiger partial charge is 0.0406 e. The van der Waals surface area contributed by atoms with Crippen molar-refractivity contribution in [2.45, 2.75) is 12.8 Å². The Kier molecular flexibility index (Phi) is 15.4. The molecule has 1 nitrogen and oxygen atoms in total. The van der Waals surface area contributed by atoms with Crippen molar-refractivity contribution >= 4 is 0 Å². The van der Waals surface area contributed by atoms with Gasteiger partial charge in [0.15, 0.2) is 0 Å². The molecule has 36 valence electrons. The first-order chi connectivity index (χ1) is 2.41. The molecular formula is C4H9HfO-. The van der Waals surface area contributed by atoms with Gasteiger partial charge in [-0.2, -0.15) is 6.42 Å². The molecule has 0 rings (SSSR count). The second kappa shape index (κ2) is 9.27. The zero-order chi connectivity index (χ0) is 4.12. The first-order valence-corrected chi connectivity index (χ1v) is 1.82. The fraction of sp³-hybridized carbons (Fsp3) is 0.750. The number of hydrogen-bond donors (Lipinski definition) is 1. The summed E-state index contributed by atoms with van der Waals surface area (Å²) in [4.78, 5) is 0. The van der Waals surface area contributed by atoms with Crippen molar-refractivity contribution in [1.29, 1.82) is 0 Å². The molecule has 6 heavy (non-hydrogen) atoms. The molecule has 0 radical (unpaired) electrons. The maximum atomic E-state index is 8.03. The van der Waals surface area contributed by atoms with E-state index in [0.717, 1.165) is 12.8 Å². The van der Waals surface area contributed by atoms with Gasteiger partial charge >= 0.3 is 0 Å². The number of unbranched alkanes of at least 4 members (excludes halogenated alkanes) is 1. The molecule has 0 saturated carbocycles. The first-order valence-electron chi connectivity index (χ1n) is 1.82. The molecule has 0 aliphatic rings. The van der Waals surface area contributed by atoms with Crippen LogP contribution in [0.3, 0.4) is 0 Å². The summed E-state index contributed by atoms with van der Waals surface area (Å²) in [5, 5.41) is 8.03. The van der Waals surface area contributed by atoms with Crippen LogP contribution < -0.4 is 0 Å². The van der Waals surface area contributed by atoms with E-state index in [1.807, 2.05) is 0 Å². The van der Waals surface area contributed by atoms with E-state index < -0.39 is 0 Å². The van der Waals surface area contributed by atoms with E-state index in [9.17, 15) is 0 Å². The Bertz CT molecular complexity index is 15.0. The van der Waals surface area contributed by atoms with Gasteiger partial charge in [0.05, 0.1) is 0 Å². The molecule has 0 aromatic heterocycles. The Morgan fingerprint density at radius 2 is 2.00 bits per heavy atom. The molecule has 0 aromatic carbocycles. The second-order valence-corrected chi connectivity index (χ2v) is 0.931. The van der Waals surface area contributed by atoms with Crippen LogP contribution in [0.25, 0.3) is 0 Å². The van der Waals surface area contributed by atoms with Crippen molar-refractivity contribution in [3.63, 3.8) is 0 Å². The third kappa shape index (κ3) is 8.85. The van der Waals surface area contributed by atoms with Crippen LogP contribution >= 0.6 is 0 Å². The van der Waals surface area contributed by atoms with E-state index in [1.54, 1.807) is 0 Å². The molecule has 0 aliphatic heterocycles. The average molecular weight is 252 g/mol. The van der Waals surface area contributed by atoms with Gasteiger partial charge in [0, 0.05) is 32.5 Å². The number of aliphatic hydroxyl groups is 1. The molecular weight excluding hydrogens is 243 g/mol. The largest absolute Gasteiger partial charge is 0.396 e. The summed E-state index contributed by atoms with van der Waals surface area (Å²) < 4.78 is 0. The van der Waals surface area contributed by atoms with Crippen LogP contribution in [0.4, 0.5) is 0 Å². The number of rotatable bonds is 2. The van der Waals surface area contributed by atoms with Crippen LogP contribution in [-0.2, 0) is 25.8 Å². The van der Waals surface area contributed by atoms with Gasteiger partial charge in [-0.1, -0.05) is 6.42 Å². The summed E-state index contributed by atoms with van der Waals surface area (Å²) >= 11 is 0. The second-order valence-electron chi connectivity index (χ2n) is 0.931. The summed E-state index contributed by atoms with van der Waals surface area (Å²) in [6.45, 7) is 3.80. The summed E-state index contributed by atoms with van der Waals surface area (Å²) in [6, 6.07) is 0. The van der Waals surface area contributed by atoms with Crippen LogP contribution in [0.15, 0.2) is 0 Å². The molecule has 0 amide bonds. The topological polar surface area (TPSA) is 20.2 Å². The van der Waals surface area contributed by atoms with Crippen LogP contribution in [-0.4, -0.2) is 11.7 Å². The molecule has 1 N–H and O–H groups in total. The van der Waals surface area contributed by atoms with Crippen molar-refractivity contribution < 1.29 is 30.9 Å². The van der Waals surface area contributed by atoms with E-state index in [4.69, 9.17) is 5.11 Å². The van der Waals surface area contributed by atoms with Crippen molar-refractivity contribution in [3.05, 3.63) is 6.92 Å². The predicted molar refractivity (Wildman–Crippen MR) is 21.7 cm³/mol. The van der Waals surface area contributed by atoms with Crippen LogP contribution in [0, 0.1) is 6.92 Å². The van der Waals surface area contributed by atoms with Crippen LogP contribution in [0.2, 0.25) is 0 Å². The van der Waals surface area contributed by atoms with Crippen molar-refractivity contribution in [2.75, 3.05) is 6.61 Å². The van der Waals surface area contributed by atoms with Gasteiger partial charge in [-0.25, -0.2) is 0 Å². The quantitative estimate of drug-likeness (QED) is 0.563. The van der Waals surface area contributed by atoms with Gasteiger partial charge in [-0.15, -0.1) is 0 Å². The van der Waals surface area contributed by atoms with E-state index in [1.165, 1.54) is 0 Å². The molecule has 0 spiro atoms. The Morgan fingerprint density at radius 1 is 1.50 bits per heavy atom. The molecule has 2 heteroatoms. The van der Waals surface area contributed by atoms with Crippen LogP contribution in [0.1, 0.15) is 12.8 Å². The van der Waals surface area contributed by atoms with Gasteiger partial charge in [0.1, 0.15) is 0 Å². The Morgan fingerprint density at radius 3 is 2.00 bits per heavy atom. The van der Waals surface area contributed by atoms with Gasteiger partial charge in [-0.3, -0.25) is 0 Å². The Balaban J connectivity index is 0. The zero-order valence-corrected chi connectivity index (χ0v) is 7.37. The molecule has 0 aliphatic carbocycles. The average Bonchev–Trinajstić information content (AvgIpc) is 1.41. The minimum atomic E-state index is 0. The molecule has 0 bridgehead atoms. The fourth-order valence-electron chi connectivity index (χ4n) is 0.112. The summed E-state index contributed by atoms with van der Waals surface area (Å²) in [7, 11) is 0. The molecule has 0 heterocycles. The maximum Gasteiger partial charge on any atom is 0.0406 e. The van der Waals surface area contributed by atoms with Crippen molar-refractivity contribution in [2.24, 2.45) is 0 Å². The fourth-order valence-corrected chi connectivity index (χ4v) is 0.112. The normalized spacial score (nSPS) is 7.00. The molecule has 0 fully saturated rings. The van der Waals surface area contributed by atoms with Gasteiger partial charge in [-0.05, 0) is 0 Å². The third-order valence-corrected chi connectivity index (χ3v) is 0.408. The maximum absolute atomic E-state index is 8.03. The van der Waals surface area contributed by atoms with Gasteiger partial charge in [0.2, 0.25) is 0 Å². The Labute approximate surface area is 57.5 Å². The molecule has 0 aromatic rings. The van der Waals surface area contributed by atoms with Crippen molar-refractivity contribution in [3.8, 4) is 0 Å². The third-order valence-electron chi connectivity index (χ3n) is 0.408. The monoisotopic (exact) mass is 253 g/mol. The first kappa shape index (κ1) is 9.95. The summed E-state index contributed by atoms with van der Waals surface area (Å²) in [5.41, 5.74) is 0.